The number of nitrogens with zero attached hydrogens (tertiary/aromatic N) is 5. The molecule has 33 heavy (non-hydrogen) atoms. The smallest absolute Gasteiger partial charge is 0.163 e. The van der Waals surface area contributed by atoms with Crippen LogP contribution in [0.3, 0.4) is 0 Å². The van der Waals surface area contributed by atoms with E-state index >= 15 is 0 Å². The van der Waals surface area contributed by atoms with Gasteiger partial charge in [-0.3, -0.25) is 24.9 Å². The van der Waals surface area contributed by atoms with E-state index < -0.39 is 6.35 Å². The first-order chi connectivity index (χ1) is 16.2. The van der Waals surface area contributed by atoms with E-state index in [1.807, 2.05) is 36.5 Å². The monoisotopic (exact) mass is 440 g/mol. The van der Waals surface area contributed by atoms with Crippen molar-refractivity contribution < 1.29 is 5.11 Å². The summed E-state index contributed by atoms with van der Waals surface area (Å²) in [5.41, 5.74) is 5.48. The van der Waals surface area contributed by atoms with E-state index in [9.17, 15) is 5.11 Å². The van der Waals surface area contributed by atoms with E-state index in [-0.39, 0.29) is 5.41 Å². The molecule has 2 atom stereocenters. The number of aromatic nitrogens is 4. The molecule has 1 fully saturated rings. The van der Waals surface area contributed by atoms with Crippen molar-refractivity contribution in [2.24, 2.45) is 0 Å². The molecule has 2 N–H and O–H groups in total. The van der Waals surface area contributed by atoms with Gasteiger partial charge in [-0.15, -0.1) is 0 Å². The molecule has 0 saturated carbocycles. The second-order valence-corrected chi connectivity index (χ2v) is 9.27. The Kier molecular flexibility index (Phi) is 5.17. The van der Waals surface area contributed by atoms with Crippen molar-refractivity contribution in [1.29, 1.82) is 0 Å². The summed E-state index contributed by atoms with van der Waals surface area (Å²) in [5.74, 6) is 0. The predicted octanol–water partition coefficient (Wildman–Crippen LogP) is 3.30. The first-order valence-electron chi connectivity index (χ1n) is 11.7. The fourth-order valence-corrected chi connectivity index (χ4v) is 5.43. The zero-order valence-corrected chi connectivity index (χ0v) is 18.6. The Morgan fingerprint density at radius 2 is 1.94 bits per heavy atom. The fraction of sp³-hybridized carbons (Fsp3) is 0.346. The summed E-state index contributed by atoms with van der Waals surface area (Å²) in [6.07, 6.45) is 8.08. The molecule has 0 radical (unpaired) electrons. The number of aryl methyl sites for hydroxylation is 1. The number of benzene rings is 1. The van der Waals surface area contributed by atoms with Gasteiger partial charge in [0.1, 0.15) is 0 Å². The molecule has 0 aliphatic carbocycles. The van der Waals surface area contributed by atoms with E-state index in [2.05, 4.69) is 43.1 Å². The summed E-state index contributed by atoms with van der Waals surface area (Å²) in [7, 11) is 0. The zero-order chi connectivity index (χ0) is 22.3. The molecule has 1 saturated heterocycles. The van der Waals surface area contributed by atoms with Crippen LogP contribution in [0.5, 0.6) is 0 Å². The van der Waals surface area contributed by atoms with Crippen LogP contribution in [0.4, 0.5) is 0 Å². The van der Waals surface area contributed by atoms with Gasteiger partial charge in [-0.05, 0) is 55.2 Å². The maximum Gasteiger partial charge on any atom is 0.163 e. The lowest BCUT2D eigenvalue weighted by molar-refractivity contribution is -0.0132. The van der Waals surface area contributed by atoms with E-state index in [0.717, 1.165) is 66.6 Å². The SMILES string of the molecule is OC(NCc1ccncc1)N1CCC2(CCCn3nc(-c4cnc5ccccc5c4)cc32)C1. The summed E-state index contributed by atoms with van der Waals surface area (Å²) in [6.45, 7) is 3.26. The van der Waals surface area contributed by atoms with Gasteiger partial charge in [0.05, 0.1) is 11.2 Å². The topological polar surface area (TPSA) is 79.1 Å². The Bertz CT molecular complexity index is 1270. The number of likely N-dealkylation sites (tertiary alicyclic amines) is 1. The number of hydrogen-bond donors (Lipinski definition) is 2. The molecule has 1 aromatic carbocycles. The van der Waals surface area contributed by atoms with Crippen LogP contribution in [0, 0.1) is 0 Å². The highest BCUT2D eigenvalue weighted by molar-refractivity contribution is 5.82. The Morgan fingerprint density at radius 3 is 2.85 bits per heavy atom. The molecular formula is C26H28N6O. The third-order valence-electron chi connectivity index (χ3n) is 7.20. The van der Waals surface area contributed by atoms with E-state index in [1.165, 1.54) is 5.69 Å². The highest BCUT2D eigenvalue weighted by atomic mass is 16.3. The minimum Gasteiger partial charge on any atom is -0.365 e. The summed E-state index contributed by atoms with van der Waals surface area (Å²) in [6, 6.07) is 16.6. The average Bonchev–Trinajstić information content (AvgIpc) is 3.49. The molecule has 4 aromatic rings. The molecule has 7 heteroatoms. The first-order valence-corrected chi connectivity index (χ1v) is 11.7. The minimum absolute atomic E-state index is 0.0348. The molecule has 3 aromatic heterocycles. The highest BCUT2D eigenvalue weighted by Gasteiger charge is 2.45. The molecular weight excluding hydrogens is 412 g/mol. The highest BCUT2D eigenvalue weighted by Crippen LogP contribution is 2.43. The minimum atomic E-state index is -0.667. The van der Waals surface area contributed by atoms with Gasteiger partial charge in [0, 0.05) is 66.8 Å². The van der Waals surface area contributed by atoms with Crippen LogP contribution in [-0.4, -0.2) is 49.2 Å². The van der Waals surface area contributed by atoms with Gasteiger partial charge in [-0.2, -0.15) is 5.10 Å². The molecule has 0 bridgehead atoms. The Labute approximate surface area is 193 Å². The first kappa shape index (κ1) is 20.5. The van der Waals surface area contributed by atoms with Gasteiger partial charge in [-0.1, -0.05) is 18.2 Å². The molecule has 168 valence electrons. The number of fused-ring (bicyclic) bond motifs is 3. The number of nitrogens with one attached hydrogen (secondary N) is 1. The van der Waals surface area contributed by atoms with Crippen molar-refractivity contribution >= 4 is 10.9 Å². The molecule has 2 unspecified atom stereocenters. The van der Waals surface area contributed by atoms with E-state index in [4.69, 9.17) is 5.10 Å². The normalized spacial score (nSPS) is 21.5. The maximum absolute atomic E-state index is 10.8. The summed E-state index contributed by atoms with van der Waals surface area (Å²) in [4.78, 5) is 10.8. The Balaban J connectivity index is 1.22. The molecule has 7 nitrogen and oxygen atoms in total. The molecule has 2 aliphatic rings. The number of hydrogen-bond acceptors (Lipinski definition) is 6. The van der Waals surface area contributed by atoms with Crippen molar-refractivity contribution in [3.05, 3.63) is 78.4 Å². The second-order valence-electron chi connectivity index (χ2n) is 9.27. The van der Waals surface area contributed by atoms with Gasteiger partial charge in [0.15, 0.2) is 6.35 Å². The van der Waals surface area contributed by atoms with Crippen LogP contribution in [0.25, 0.3) is 22.2 Å². The van der Waals surface area contributed by atoms with Gasteiger partial charge in [0.2, 0.25) is 0 Å². The van der Waals surface area contributed by atoms with Crippen LogP contribution in [0.15, 0.2) is 67.1 Å². The molecule has 0 amide bonds. The fourth-order valence-electron chi connectivity index (χ4n) is 5.43. The lowest BCUT2D eigenvalue weighted by atomic mass is 9.77. The lowest BCUT2D eigenvalue weighted by Gasteiger charge is -2.35. The van der Waals surface area contributed by atoms with E-state index in [1.54, 1.807) is 12.4 Å². The third kappa shape index (κ3) is 3.82. The summed E-state index contributed by atoms with van der Waals surface area (Å²) in [5, 5.41) is 20.2. The van der Waals surface area contributed by atoms with Crippen molar-refractivity contribution in [3.63, 3.8) is 0 Å². The van der Waals surface area contributed by atoms with Crippen molar-refractivity contribution in [2.45, 2.75) is 44.1 Å². The number of aliphatic hydroxyl groups excluding tert-OH is 1. The Morgan fingerprint density at radius 1 is 1.06 bits per heavy atom. The predicted molar refractivity (Wildman–Crippen MR) is 127 cm³/mol. The number of rotatable bonds is 5. The van der Waals surface area contributed by atoms with Crippen LogP contribution in [0.1, 0.15) is 30.5 Å². The second kappa shape index (κ2) is 8.33. The van der Waals surface area contributed by atoms with Crippen molar-refractivity contribution in [1.82, 2.24) is 30.0 Å². The van der Waals surface area contributed by atoms with Gasteiger partial charge < -0.3 is 5.11 Å². The average molecular weight is 441 g/mol. The van der Waals surface area contributed by atoms with Gasteiger partial charge in [0.25, 0.3) is 0 Å². The maximum atomic E-state index is 10.8. The van der Waals surface area contributed by atoms with E-state index in [0.29, 0.717) is 6.54 Å². The summed E-state index contributed by atoms with van der Waals surface area (Å²) >= 11 is 0. The summed E-state index contributed by atoms with van der Waals surface area (Å²) < 4.78 is 2.19. The van der Waals surface area contributed by atoms with Crippen molar-refractivity contribution in [3.8, 4) is 11.3 Å². The lowest BCUT2D eigenvalue weighted by Crippen LogP contribution is -2.46. The van der Waals surface area contributed by atoms with Crippen LogP contribution < -0.4 is 5.32 Å². The van der Waals surface area contributed by atoms with Crippen LogP contribution in [-0.2, 0) is 18.5 Å². The molecule has 5 heterocycles. The van der Waals surface area contributed by atoms with Crippen molar-refractivity contribution in [2.75, 3.05) is 13.1 Å². The van der Waals surface area contributed by atoms with Gasteiger partial charge in [-0.25, -0.2) is 0 Å². The largest absolute Gasteiger partial charge is 0.365 e. The van der Waals surface area contributed by atoms with Gasteiger partial charge >= 0.3 is 0 Å². The molecule has 2 aliphatic heterocycles. The zero-order valence-electron chi connectivity index (χ0n) is 18.6. The number of pyridine rings is 2. The van der Waals surface area contributed by atoms with Crippen LogP contribution >= 0.6 is 0 Å². The standard InChI is InChI=1S/C26H28N6O/c33-25(29-16-19-6-10-27-11-7-19)31-13-9-26(18-31)8-3-12-32-24(26)15-23(30-32)21-14-20-4-1-2-5-22(20)28-17-21/h1-2,4-7,10-11,14-15,17,25,29,33H,3,8-9,12-13,16,18H2. The molecule has 6 rings (SSSR count). The quantitative estimate of drug-likeness (QED) is 0.464. The number of para-hydroxylation sites is 1. The van der Waals surface area contributed by atoms with Crippen LogP contribution in [0.2, 0.25) is 0 Å². The Hall–Kier alpha value is -3.13. The number of aliphatic hydroxyl groups is 1. The molecule has 1 spiro atoms. The third-order valence-corrected chi connectivity index (χ3v) is 7.20.